The van der Waals surface area contributed by atoms with Crippen molar-refractivity contribution in [2.24, 2.45) is 0 Å². The molecule has 1 atom stereocenters. The van der Waals surface area contributed by atoms with Gasteiger partial charge in [0.1, 0.15) is 5.75 Å². The number of ether oxygens (including phenoxy) is 1. The van der Waals surface area contributed by atoms with Gasteiger partial charge in [0.15, 0.2) is 0 Å². The summed E-state index contributed by atoms with van der Waals surface area (Å²) in [4.78, 5) is 12.3. The second-order valence-corrected chi connectivity index (χ2v) is 7.47. The Hall–Kier alpha value is -2.30. The molecule has 7 nitrogen and oxygen atoms in total. The van der Waals surface area contributed by atoms with Gasteiger partial charge >= 0.3 is 6.36 Å². The number of benzene rings is 1. The van der Waals surface area contributed by atoms with Crippen LogP contribution in [0.2, 0.25) is 0 Å². The molecule has 146 valence electrons. The zero-order valence-electron chi connectivity index (χ0n) is 14.4. The molecule has 1 aromatic heterocycles. The molecule has 0 spiro atoms. The Kier molecular flexibility index (Phi) is 5.88. The average Bonchev–Trinajstić information content (AvgIpc) is 3.26. The predicted octanol–water partition coefficient (Wildman–Crippen LogP) is 3.10. The van der Waals surface area contributed by atoms with E-state index in [0.29, 0.717) is 10.8 Å². The van der Waals surface area contributed by atoms with Crippen LogP contribution in [0, 0.1) is 0 Å². The van der Waals surface area contributed by atoms with Crippen molar-refractivity contribution < 1.29 is 22.7 Å². The normalized spacial score (nSPS) is 16.3. The van der Waals surface area contributed by atoms with Gasteiger partial charge in [-0.15, -0.1) is 18.3 Å². The maximum Gasteiger partial charge on any atom is 0.573 e. The summed E-state index contributed by atoms with van der Waals surface area (Å²) < 4.78 is 41.9. The van der Waals surface area contributed by atoms with Gasteiger partial charge in [-0.2, -0.15) is 4.68 Å². The largest absolute Gasteiger partial charge is 0.573 e. The van der Waals surface area contributed by atoms with E-state index in [1.54, 1.807) is 6.92 Å². The van der Waals surface area contributed by atoms with Crippen molar-refractivity contribution in [1.29, 1.82) is 0 Å². The molecule has 11 heteroatoms. The van der Waals surface area contributed by atoms with Crippen LogP contribution in [0.4, 0.5) is 13.2 Å². The highest BCUT2D eigenvalue weighted by Gasteiger charge is 2.31. The summed E-state index contributed by atoms with van der Waals surface area (Å²) in [7, 11) is 0. The molecule has 1 amide bonds. The lowest BCUT2D eigenvalue weighted by Crippen LogP contribution is -2.37. The molecule has 1 unspecified atom stereocenters. The maximum absolute atomic E-state index is 12.3. The smallest absolute Gasteiger partial charge is 0.406 e. The molecular weight excluding hydrogens is 383 g/mol. The quantitative estimate of drug-likeness (QED) is 0.749. The van der Waals surface area contributed by atoms with Crippen LogP contribution in [-0.2, 0) is 4.79 Å². The first-order valence-corrected chi connectivity index (χ1v) is 9.31. The lowest BCUT2D eigenvalue weighted by molar-refractivity contribution is -0.274. The summed E-state index contributed by atoms with van der Waals surface area (Å²) in [5.41, 5.74) is 0.459. The highest BCUT2D eigenvalue weighted by molar-refractivity contribution is 8.00. The average molecular weight is 401 g/mol. The number of hydrogen-bond acceptors (Lipinski definition) is 6. The fraction of sp³-hybridized carbons (Fsp3) is 0.500. The minimum atomic E-state index is -4.75. The summed E-state index contributed by atoms with van der Waals surface area (Å²) in [6.07, 6.45) is -0.516. The molecule has 0 bridgehead atoms. The standard InChI is InChI=1S/C16H18F3N5O2S/c1-10(14(25)20-11-4-2-3-5-11)27-15-21-22-23-24(15)12-6-8-13(9-7-12)26-16(17,18)19/h6-11H,2-5H2,1H3,(H,20,25). The topological polar surface area (TPSA) is 81.9 Å². The summed E-state index contributed by atoms with van der Waals surface area (Å²) in [6.45, 7) is 1.76. The molecule has 3 rings (SSSR count). The minimum absolute atomic E-state index is 0.0876. The molecule has 1 aromatic carbocycles. The molecule has 0 radical (unpaired) electrons. The Morgan fingerprint density at radius 1 is 1.30 bits per heavy atom. The Morgan fingerprint density at radius 2 is 1.96 bits per heavy atom. The van der Waals surface area contributed by atoms with Crippen molar-refractivity contribution in [2.75, 3.05) is 0 Å². The third-order valence-corrected chi connectivity index (χ3v) is 5.14. The van der Waals surface area contributed by atoms with E-state index in [1.165, 1.54) is 40.7 Å². The molecule has 1 aliphatic rings. The van der Waals surface area contributed by atoms with E-state index in [9.17, 15) is 18.0 Å². The minimum Gasteiger partial charge on any atom is -0.406 e. The van der Waals surface area contributed by atoms with E-state index in [4.69, 9.17) is 0 Å². The molecule has 0 aliphatic heterocycles. The third kappa shape index (κ3) is 5.34. The van der Waals surface area contributed by atoms with E-state index in [-0.39, 0.29) is 17.7 Å². The van der Waals surface area contributed by atoms with E-state index >= 15 is 0 Å². The fourth-order valence-electron chi connectivity index (χ4n) is 2.80. The first-order chi connectivity index (χ1) is 12.8. The molecule has 1 heterocycles. The summed E-state index contributed by atoms with van der Waals surface area (Å²) in [5, 5.41) is 14.3. The molecule has 1 saturated carbocycles. The molecule has 27 heavy (non-hydrogen) atoms. The summed E-state index contributed by atoms with van der Waals surface area (Å²) in [5.74, 6) is -0.423. The third-order valence-electron chi connectivity index (χ3n) is 4.11. The van der Waals surface area contributed by atoms with Gasteiger partial charge < -0.3 is 10.1 Å². The van der Waals surface area contributed by atoms with Crippen LogP contribution in [0.25, 0.3) is 5.69 Å². The van der Waals surface area contributed by atoms with Gasteiger partial charge in [-0.25, -0.2) is 0 Å². The van der Waals surface area contributed by atoms with Crippen LogP contribution in [0.1, 0.15) is 32.6 Å². The highest BCUT2D eigenvalue weighted by atomic mass is 32.2. The van der Waals surface area contributed by atoms with Crippen LogP contribution < -0.4 is 10.1 Å². The molecule has 1 N–H and O–H groups in total. The second kappa shape index (κ2) is 8.15. The predicted molar refractivity (Wildman–Crippen MR) is 91.6 cm³/mol. The number of amides is 1. The number of nitrogens with zero attached hydrogens (tertiary/aromatic N) is 4. The van der Waals surface area contributed by atoms with Gasteiger partial charge in [0.25, 0.3) is 0 Å². The molecular formula is C16H18F3N5O2S. The van der Waals surface area contributed by atoms with Gasteiger partial charge in [0.2, 0.25) is 11.1 Å². The molecule has 2 aromatic rings. The van der Waals surface area contributed by atoms with Gasteiger partial charge in [-0.3, -0.25) is 4.79 Å². The van der Waals surface area contributed by atoms with E-state index in [0.717, 1.165) is 25.7 Å². The Bertz CT molecular complexity index is 775. The van der Waals surface area contributed by atoms with Gasteiger partial charge in [0, 0.05) is 6.04 Å². The number of rotatable bonds is 6. The number of carbonyl (C=O) groups is 1. The Labute approximate surface area is 157 Å². The fourth-order valence-corrected chi connectivity index (χ4v) is 3.62. The first-order valence-electron chi connectivity index (χ1n) is 8.43. The van der Waals surface area contributed by atoms with Crippen LogP contribution in [-0.4, -0.2) is 43.8 Å². The summed E-state index contributed by atoms with van der Waals surface area (Å²) in [6, 6.07) is 5.39. The Morgan fingerprint density at radius 3 is 2.59 bits per heavy atom. The zero-order valence-corrected chi connectivity index (χ0v) is 15.3. The number of alkyl halides is 3. The van der Waals surface area contributed by atoms with Gasteiger partial charge in [-0.1, -0.05) is 24.6 Å². The van der Waals surface area contributed by atoms with E-state index in [2.05, 4.69) is 25.6 Å². The number of thioether (sulfide) groups is 1. The molecule has 0 saturated heterocycles. The van der Waals surface area contributed by atoms with Crippen molar-refractivity contribution in [3.63, 3.8) is 0 Å². The van der Waals surface area contributed by atoms with Crippen LogP contribution in [0.5, 0.6) is 5.75 Å². The zero-order chi connectivity index (χ0) is 19.4. The monoisotopic (exact) mass is 401 g/mol. The van der Waals surface area contributed by atoms with Crippen molar-refractivity contribution in [1.82, 2.24) is 25.5 Å². The molecule has 1 fully saturated rings. The molecule has 1 aliphatic carbocycles. The Balaban J connectivity index is 1.65. The van der Waals surface area contributed by atoms with Crippen molar-refractivity contribution in [3.8, 4) is 11.4 Å². The first kappa shape index (κ1) is 19.5. The van der Waals surface area contributed by atoms with Crippen LogP contribution in [0.15, 0.2) is 29.4 Å². The van der Waals surface area contributed by atoms with Crippen molar-refractivity contribution in [3.05, 3.63) is 24.3 Å². The number of halogens is 3. The van der Waals surface area contributed by atoms with E-state index < -0.39 is 11.6 Å². The van der Waals surface area contributed by atoms with Gasteiger partial charge in [0.05, 0.1) is 10.9 Å². The van der Waals surface area contributed by atoms with E-state index in [1.807, 2.05) is 0 Å². The second-order valence-electron chi connectivity index (χ2n) is 6.17. The lowest BCUT2D eigenvalue weighted by Gasteiger charge is -2.16. The van der Waals surface area contributed by atoms with Crippen LogP contribution in [0.3, 0.4) is 0 Å². The maximum atomic E-state index is 12.3. The SMILES string of the molecule is CC(Sc1nnnn1-c1ccc(OC(F)(F)F)cc1)C(=O)NC1CCCC1. The lowest BCUT2D eigenvalue weighted by atomic mass is 10.2. The van der Waals surface area contributed by atoms with Crippen molar-refractivity contribution >= 4 is 17.7 Å². The van der Waals surface area contributed by atoms with Gasteiger partial charge in [-0.05, 0) is 54.5 Å². The number of hydrogen-bond donors (Lipinski definition) is 1. The number of nitrogens with one attached hydrogen (secondary N) is 1. The summed E-state index contributed by atoms with van der Waals surface area (Å²) >= 11 is 1.18. The van der Waals surface area contributed by atoms with Crippen LogP contribution >= 0.6 is 11.8 Å². The van der Waals surface area contributed by atoms with Crippen molar-refractivity contribution in [2.45, 2.75) is 55.4 Å². The number of tetrazole rings is 1. The number of aromatic nitrogens is 4. The number of carbonyl (C=O) groups excluding carboxylic acids is 1. The highest BCUT2D eigenvalue weighted by Crippen LogP contribution is 2.27.